The number of carbonyl (C=O) groups excluding carboxylic acids is 1. The largest absolute Gasteiger partial charge is 0.366 e. The van der Waals surface area contributed by atoms with Crippen molar-refractivity contribution in [3.63, 3.8) is 0 Å². The first-order chi connectivity index (χ1) is 13.9. The second kappa shape index (κ2) is 9.28. The van der Waals surface area contributed by atoms with E-state index < -0.39 is 10.8 Å². The monoisotopic (exact) mass is 399 g/mol. The van der Waals surface area contributed by atoms with Gasteiger partial charge in [0.05, 0.1) is 4.92 Å². The number of anilines is 2. The van der Waals surface area contributed by atoms with E-state index in [9.17, 15) is 14.9 Å². The molecule has 0 radical (unpaired) electrons. The van der Waals surface area contributed by atoms with E-state index in [0.717, 1.165) is 31.2 Å². The Hall–Kier alpha value is -3.27. The fourth-order valence-electron chi connectivity index (χ4n) is 3.37. The molecule has 1 aliphatic rings. The van der Waals surface area contributed by atoms with Gasteiger partial charge < -0.3 is 22.1 Å². The van der Waals surface area contributed by atoms with Crippen LogP contribution in [0.1, 0.15) is 41.6 Å². The molecule has 0 bridgehead atoms. The van der Waals surface area contributed by atoms with Gasteiger partial charge in [-0.25, -0.2) is 4.98 Å². The van der Waals surface area contributed by atoms with Crippen LogP contribution in [0.2, 0.25) is 0 Å². The van der Waals surface area contributed by atoms with E-state index in [1.165, 1.54) is 6.20 Å². The molecular weight excluding hydrogens is 374 g/mol. The van der Waals surface area contributed by atoms with E-state index >= 15 is 0 Å². The first-order valence-electron chi connectivity index (χ1n) is 9.56. The Morgan fingerprint density at radius 2 is 2.00 bits per heavy atom. The summed E-state index contributed by atoms with van der Waals surface area (Å²) in [7, 11) is 0. The summed E-state index contributed by atoms with van der Waals surface area (Å²) in [5.41, 5.74) is 12.3. The molecule has 2 aromatic rings. The Morgan fingerprint density at radius 1 is 1.24 bits per heavy atom. The van der Waals surface area contributed by atoms with Crippen molar-refractivity contribution in [3.8, 4) is 0 Å². The lowest BCUT2D eigenvalue weighted by molar-refractivity contribution is -0.384. The predicted molar refractivity (Wildman–Crippen MR) is 109 cm³/mol. The number of aromatic nitrogens is 2. The van der Waals surface area contributed by atoms with Gasteiger partial charge in [-0.15, -0.1) is 0 Å². The Kier molecular flexibility index (Phi) is 6.55. The molecule has 10 nitrogen and oxygen atoms in total. The lowest BCUT2D eigenvalue weighted by Crippen LogP contribution is -2.29. The first kappa shape index (κ1) is 20.5. The summed E-state index contributed by atoms with van der Waals surface area (Å²) >= 11 is 0. The van der Waals surface area contributed by atoms with Crippen molar-refractivity contribution in [2.75, 3.05) is 17.2 Å². The average Bonchev–Trinajstić information content (AvgIpc) is 2.72. The number of hydrogen-bond donors (Lipinski definition) is 4. The molecule has 1 amide bonds. The van der Waals surface area contributed by atoms with Crippen LogP contribution in [0, 0.1) is 16.0 Å². The molecule has 0 aliphatic heterocycles. The van der Waals surface area contributed by atoms with Gasteiger partial charge in [-0.2, -0.15) is 4.98 Å². The van der Waals surface area contributed by atoms with Crippen LogP contribution in [0.5, 0.6) is 0 Å². The number of amides is 1. The number of primary amides is 1. The molecule has 0 unspecified atom stereocenters. The van der Waals surface area contributed by atoms with E-state index in [1.807, 2.05) is 6.07 Å². The second-order valence-electron chi connectivity index (χ2n) is 7.26. The van der Waals surface area contributed by atoms with E-state index in [2.05, 4.69) is 20.6 Å². The number of rotatable bonds is 8. The Labute approximate surface area is 168 Å². The highest BCUT2D eigenvalue weighted by Crippen LogP contribution is 2.26. The van der Waals surface area contributed by atoms with Gasteiger partial charge in [0.1, 0.15) is 6.20 Å². The van der Waals surface area contributed by atoms with Crippen molar-refractivity contribution in [1.29, 1.82) is 0 Å². The fraction of sp³-hybridized carbons (Fsp3) is 0.421. The van der Waals surface area contributed by atoms with E-state index in [-0.39, 0.29) is 23.5 Å². The Bertz CT molecular complexity index is 882. The number of nitrogens with zero attached hydrogens (tertiary/aromatic N) is 3. The topological polar surface area (TPSA) is 162 Å². The zero-order valence-electron chi connectivity index (χ0n) is 16.0. The minimum atomic E-state index is -0.506. The highest BCUT2D eigenvalue weighted by atomic mass is 16.6. The summed E-state index contributed by atoms with van der Waals surface area (Å²) in [5, 5.41) is 17.4. The molecule has 1 aromatic heterocycles. The molecule has 154 valence electrons. The Balaban J connectivity index is 1.66. The van der Waals surface area contributed by atoms with E-state index in [1.54, 1.807) is 18.2 Å². The number of nitrogens with two attached hydrogens (primary N) is 2. The third-order valence-corrected chi connectivity index (χ3v) is 5.08. The van der Waals surface area contributed by atoms with Gasteiger partial charge in [-0.3, -0.25) is 14.9 Å². The van der Waals surface area contributed by atoms with Crippen LogP contribution in [0.4, 0.5) is 17.5 Å². The van der Waals surface area contributed by atoms with Crippen LogP contribution in [0.25, 0.3) is 0 Å². The van der Waals surface area contributed by atoms with Gasteiger partial charge in [-0.05, 0) is 49.3 Å². The van der Waals surface area contributed by atoms with Gasteiger partial charge in [0.15, 0.2) is 0 Å². The van der Waals surface area contributed by atoms with Gasteiger partial charge in [0.2, 0.25) is 17.7 Å². The second-order valence-corrected chi connectivity index (χ2v) is 7.26. The molecule has 6 N–H and O–H groups in total. The maximum atomic E-state index is 11.3. The molecule has 10 heteroatoms. The normalized spacial score (nSPS) is 18.8. The standard InChI is InChI=1S/C19H25N7O3/c20-15-6-4-12(5-7-15)9-22-18-16(26(28)29)11-24-19(25-18)23-10-13-2-1-3-14(8-13)17(21)27/h1-3,8,11-12,15H,4-7,9-10,20H2,(H2,21,27)(H2,22,23,24,25)/t12-,15-. The van der Waals surface area contributed by atoms with Crippen molar-refractivity contribution < 1.29 is 9.72 Å². The molecule has 0 atom stereocenters. The molecule has 1 saturated carbocycles. The molecule has 29 heavy (non-hydrogen) atoms. The fourth-order valence-corrected chi connectivity index (χ4v) is 3.37. The zero-order chi connectivity index (χ0) is 20.8. The van der Waals surface area contributed by atoms with Crippen molar-refractivity contribution in [2.24, 2.45) is 17.4 Å². The first-order valence-corrected chi connectivity index (χ1v) is 9.56. The third-order valence-electron chi connectivity index (χ3n) is 5.08. The van der Waals surface area contributed by atoms with Gasteiger partial charge in [0.25, 0.3) is 0 Å². The average molecular weight is 399 g/mol. The van der Waals surface area contributed by atoms with Crippen LogP contribution in [0.3, 0.4) is 0 Å². The summed E-state index contributed by atoms with van der Waals surface area (Å²) in [5.74, 6) is 0.354. The Morgan fingerprint density at radius 3 is 2.69 bits per heavy atom. The smallest absolute Gasteiger partial charge is 0.329 e. The molecular formula is C19H25N7O3. The van der Waals surface area contributed by atoms with Crippen LogP contribution >= 0.6 is 0 Å². The third kappa shape index (κ3) is 5.61. The predicted octanol–water partition coefficient (Wildman–Crippen LogP) is 2.03. The van der Waals surface area contributed by atoms with Crippen LogP contribution in [-0.4, -0.2) is 33.4 Å². The molecule has 0 spiro atoms. The van der Waals surface area contributed by atoms with Crippen molar-refractivity contribution >= 4 is 23.4 Å². The molecule has 1 aliphatic carbocycles. The van der Waals surface area contributed by atoms with Crippen LogP contribution in [-0.2, 0) is 6.54 Å². The quantitative estimate of drug-likeness (QED) is 0.387. The van der Waals surface area contributed by atoms with E-state index in [0.29, 0.717) is 24.6 Å². The van der Waals surface area contributed by atoms with Crippen LogP contribution < -0.4 is 22.1 Å². The molecule has 1 fully saturated rings. The summed E-state index contributed by atoms with van der Waals surface area (Å²) in [6, 6.07) is 7.12. The summed E-state index contributed by atoms with van der Waals surface area (Å²) < 4.78 is 0. The maximum Gasteiger partial charge on any atom is 0.329 e. The molecule has 1 heterocycles. The number of hydrogen-bond acceptors (Lipinski definition) is 8. The van der Waals surface area contributed by atoms with Gasteiger partial charge >= 0.3 is 5.69 Å². The molecule has 0 saturated heterocycles. The number of nitro groups is 1. The SMILES string of the molecule is NC(=O)c1cccc(CNc2ncc([N+](=O)[O-])c(NC[C@H]3CC[C@H](N)CC3)n2)c1. The van der Waals surface area contributed by atoms with Crippen molar-refractivity contribution in [3.05, 3.63) is 51.7 Å². The van der Waals surface area contributed by atoms with Crippen molar-refractivity contribution in [1.82, 2.24) is 9.97 Å². The lowest BCUT2D eigenvalue weighted by Gasteiger charge is -2.26. The van der Waals surface area contributed by atoms with Crippen molar-refractivity contribution in [2.45, 2.75) is 38.3 Å². The number of carbonyl (C=O) groups is 1. The van der Waals surface area contributed by atoms with Crippen LogP contribution in [0.15, 0.2) is 30.5 Å². The van der Waals surface area contributed by atoms with Gasteiger partial charge in [0, 0.05) is 24.7 Å². The summed E-state index contributed by atoms with van der Waals surface area (Å²) in [6.07, 6.45) is 5.11. The van der Waals surface area contributed by atoms with Gasteiger partial charge in [-0.1, -0.05) is 12.1 Å². The summed E-state index contributed by atoms with van der Waals surface area (Å²) in [6.45, 7) is 0.948. The number of nitrogens with one attached hydrogen (secondary N) is 2. The zero-order valence-corrected chi connectivity index (χ0v) is 16.0. The molecule has 1 aromatic carbocycles. The minimum absolute atomic E-state index is 0.168. The maximum absolute atomic E-state index is 11.3. The number of benzene rings is 1. The highest BCUT2D eigenvalue weighted by molar-refractivity contribution is 5.92. The lowest BCUT2D eigenvalue weighted by atomic mass is 9.86. The molecule has 3 rings (SSSR count). The minimum Gasteiger partial charge on any atom is -0.366 e. The summed E-state index contributed by atoms with van der Waals surface area (Å²) in [4.78, 5) is 30.4. The highest BCUT2D eigenvalue weighted by Gasteiger charge is 2.21. The van der Waals surface area contributed by atoms with E-state index in [4.69, 9.17) is 11.5 Å².